The molecule has 0 aliphatic carbocycles. The van der Waals surface area contributed by atoms with Crippen molar-refractivity contribution in [1.82, 2.24) is 4.90 Å². The maximum Gasteiger partial charge on any atom is 0.296 e. The molecule has 1 aliphatic rings. The van der Waals surface area contributed by atoms with Gasteiger partial charge in [0.15, 0.2) is 0 Å². The molecule has 1 atom stereocenters. The van der Waals surface area contributed by atoms with E-state index in [1.54, 1.807) is 30.3 Å². The maximum absolute atomic E-state index is 13.1. The summed E-state index contributed by atoms with van der Waals surface area (Å²) in [6.07, 6.45) is 1.52. The predicted octanol–water partition coefficient (Wildman–Crippen LogP) is 5.24. The van der Waals surface area contributed by atoms with E-state index in [1.165, 1.54) is 11.2 Å². The van der Waals surface area contributed by atoms with Gasteiger partial charge >= 0.3 is 0 Å². The number of ketones is 1. The van der Waals surface area contributed by atoms with Gasteiger partial charge in [-0.1, -0.05) is 44.2 Å². The molecule has 4 rings (SSSR count). The normalized spacial score (nSPS) is 17.7. The highest BCUT2D eigenvalue weighted by Crippen LogP contribution is 2.40. The Morgan fingerprint density at radius 1 is 1.09 bits per heavy atom. The molecule has 1 amide bonds. The van der Waals surface area contributed by atoms with E-state index in [4.69, 9.17) is 9.15 Å². The molecule has 0 radical (unpaired) electrons. The van der Waals surface area contributed by atoms with Gasteiger partial charge in [0.1, 0.15) is 17.3 Å². The minimum Gasteiger partial charge on any atom is -0.507 e. The number of likely N-dealkylation sites (tertiary alicyclic amines) is 1. The van der Waals surface area contributed by atoms with Crippen molar-refractivity contribution in [3.05, 3.63) is 95.0 Å². The monoisotopic (exact) mass is 445 g/mol. The smallest absolute Gasteiger partial charge is 0.296 e. The average Bonchev–Trinajstić information content (AvgIpc) is 3.40. The van der Waals surface area contributed by atoms with Crippen LogP contribution in [0.3, 0.4) is 0 Å². The largest absolute Gasteiger partial charge is 0.507 e. The van der Waals surface area contributed by atoms with Crippen LogP contribution in [0.15, 0.2) is 76.9 Å². The summed E-state index contributed by atoms with van der Waals surface area (Å²) in [5.41, 5.74) is 2.09. The number of rotatable bonds is 7. The molecule has 6 heteroatoms. The van der Waals surface area contributed by atoms with E-state index in [2.05, 4.69) is 13.8 Å². The third-order valence-electron chi connectivity index (χ3n) is 5.58. The average molecular weight is 446 g/mol. The van der Waals surface area contributed by atoms with Gasteiger partial charge in [-0.3, -0.25) is 9.59 Å². The lowest BCUT2D eigenvalue weighted by molar-refractivity contribution is -0.140. The second-order valence-corrected chi connectivity index (χ2v) is 8.60. The van der Waals surface area contributed by atoms with Gasteiger partial charge in [0.05, 0.1) is 31.0 Å². The summed E-state index contributed by atoms with van der Waals surface area (Å²) >= 11 is 0. The van der Waals surface area contributed by atoms with Gasteiger partial charge in [-0.15, -0.1) is 0 Å². The Hall–Kier alpha value is -3.80. The van der Waals surface area contributed by atoms with Crippen LogP contribution in [0.5, 0.6) is 5.75 Å². The third-order valence-corrected chi connectivity index (χ3v) is 5.58. The lowest BCUT2D eigenvalue weighted by Crippen LogP contribution is -2.29. The zero-order valence-electron chi connectivity index (χ0n) is 18.9. The molecule has 1 fully saturated rings. The number of aliphatic hydroxyl groups excluding tert-OH is 1. The summed E-state index contributed by atoms with van der Waals surface area (Å²) in [6, 6.07) is 17.2. The number of ether oxygens (including phenoxy) is 1. The van der Waals surface area contributed by atoms with E-state index < -0.39 is 17.7 Å². The molecule has 1 N–H and O–H groups in total. The van der Waals surface area contributed by atoms with E-state index >= 15 is 0 Å². The van der Waals surface area contributed by atoms with Crippen molar-refractivity contribution in [3.63, 3.8) is 0 Å². The van der Waals surface area contributed by atoms with Crippen molar-refractivity contribution >= 4 is 17.4 Å². The topological polar surface area (TPSA) is 80.0 Å². The predicted molar refractivity (Wildman–Crippen MR) is 125 cm³/mol. The van der Waals surface area contributed by atoms with Gasteiger partial charge in [-0.05, 0) is 54.3 Å². The number of hydrogen-bond donors (Lipinski definition) is 1. The molecule has 1 aromatic heterocycles. The molecule has 0 bridgehead atoms. The van der Waals surface area contributed by atoms with Crippen LogP contribution in [0.4, 0.5) is 0 Å². The first kappa shape index (κ1) is 22.4. The van der Waals surface area contributed by atoms with Gasteiger partial charge in [0.2, 0.25) is 0 Å². The van der Waals surface area contributed by atoms with Crippen LogP contribution in [0, 0.1) is 12.8 Å². The Kier molecular flexibility index (Phi) is 6.36. The number of carbonyl (C=O) groups is 2. The van der Waals surface area contributed by atoms with Gasteiger partial charge in [-0.2, -0.15) is 0 Å². The first-order valence-electron chi connectivity index (χ1n) is 11.0. The highest BCUT2D eigenvalue weighted by Gasteiger charge is 2.46. The summed E-state index contributed by atoms with van der Waals surface area (Å²) in [4.78, 5) is 27.5. The van der Waals surface area contributed by atoms with Crippen LogP contribution in [-0.4, -0.2) is 28.3 Å². The molecule has 170 valence electrons. The molecule has 0 spiro atoms. The lowest BCUT2D eigenvalue weighted by atomic mass is 9.95. The van der Waals surface area contributed by atoms with Crippen LogP contribution in [0.1, 0.15) is 42.3 Å². The Morgan fingerprint density at radius 3 is 2.48 bits per heavy atom. The molecule has 1 unspecified atom stereocenters. The maximum atomic E-state index is 13.1. The Balaban J connectivity index is 1.77. The van der Waals surface area contributed by atoms with Crippen molar-refractivity contribution in [2.45, 2.75) is 33.4 Å². The van der Waals surface area contributed by atoms with Crippen molar-refractivity contribution in [2.24, 2.45) is 5.92 Å². The van der Waals surface area contributed by atoms with E-state index in [0.29, 0.717) is 23.8 Å². The summed E-state index contributed by atoms with van der Waals surface area (Å²) in [5, 5.41) is 11.2. The van der Waals surface area contributed by atoms with Crippen LogP contribution in [-0.2, 0) is 16.1 Å². The standard InChI is InChI=1S/C27H27NO5/c1-17(2)16-33-22-12-11-20(14-18(22)3)25(29)23-24(19-8-5-4-6-9-19)28(27(31)26(23)30)15-21-10-7-13-32-21/h4-14,17,24,29H,15-16H2,1-3H3/b25-23-. The van der Waals surface area contributed by atoms with Crippen molar-refractivity contribution in [2.75, 3.05) is 6.61 Å². The number of carbonyl (C=O) groups excluding carboxylic acids is 2. The summed E-state index contributed by atoms with van der Waals surface area (Å²) in [7, 11) is 0. The number of nitrogens with zero attached hydrogens (tertiary/aromatic N) is 1. The molecule has 2 heterocycles. The first-order chi connectivity index (χ1) is 15.9. The second kappa shape index (κ2) is 9.36. The lowest BCUT2D eigenvalue weighted by Gasteiger charge is -2.24. The van der Waals surface area contributed by atoms with E-state index in [9.17, 15) is 14.7 Å². The number of amides is 1. The number of aryl methyl sites for hydroxylation is 1. The fourth-order valence-electron chi connectivity index (χ4n) is 3.97. The molecule has 3 aromatic rings. The minimum absolute atomic E-state index is 0.0630. The molecule has 1 saturated heterocycles. The number of furan rings is 1. The highest BCUT2D eigenvalue weighted by molar-refractivity contribution is 6.46. The Bertz CT molecular complexity index is 1180. The zero-order valence-corrected chi connectivity index (χ0v) is 18.9. The van der Waals surface area contributed by atoms with E-state index in [-0.39, 0.29) is 17.9 Å². The molecular formula is C27H27NO5. The zero-order chi connectivity index (χ0) is 23.5. The highest BCUT2D eigenvalue weighted by atomic mass is 16.5. The molecular weight excluding hydrogens is 418 g/mol. The van der Waals surface area contributed by atoms with Crippen LogP contribution in [0.2, 0.25) is 0 Å². The van der Waals surface area contributed by atoms with E-state index in [1.807, 2.05) is 37.3 Å². The van der Waals surface area contributed by atoms with Gasteiger partial charge in [0, 0.05) is 5.56 Å². The van der Waals surface area contributed by atoms with Crippen molar-refractivity contribution in [3.8, 4) is 5.75 Å². The van der Waals surface area contributed by atoms with Crippen molar-refractivity contribution in [1.29, 1.82) is 0 Å². The summed E-state index contributed by atoms with van der Waals surface area (Å²) in [6.45, 7) is 6.73. The van der Waals surface area contributed by atoms with Crippen LogP contribution < -0.4 is 4.74 Å². The Labute approximate surface area is 193 Å². The van der Waals surface area contributed by atoms with Crippen LogP contribution in [0.25, 0.3) is 5.76 Å². The fourth-order valence-corrected chi connectivity index (χ4v) is 3.97. The number of hydrogen-bond acceptors (Lipinski definition) is 5. The van der Waals surface area contributed by atoms with Gasteiger partial charge < -0.3 is 19.2 Å². The quantitative estimate of drug-likeness (QED) is 0.305. The molecule has 6 nitrogen and oxygen atoms in total. The first-order valence-corrected chi connectivity index (χ1v) is 11.0. The summed E-state index contributed by atoms with van der Waals surface area (Å²) in [5.74, 6) is 0.0655. The molecule has 33 heavy (non-hydrogen) atoms. The Morgan fingerprint density at radius 2 is 1.85 bits per heavy atom. The van der Waals surface area contributed by atoms with Crippen molar-refractivity contribution < 1.29 is 23.8 Å². The van der Waals surface area contributed by atoms with Gasteiger partial charge in [-0.25, -0.2) is 0 Å². The van der Waals surface area contributed by atoms with E-state index in [0.717, 1.165) is 16.9 Å². The summed E-state index contributed by atoms with van der Waals surface area (Å²) < 4.78 is 11.2. The second-order valence-electron chi connectivity index (χ2n) is 8.60. The number of Topliss-reactive ketones (excluding diaryl/α,β-unsaturated/α-hetero) is 1. The number of benzene rings is 2. The molecule has 2 aromatic carbocycles. The van der Waals surface area contributed by atoms with Crippen LogP contribution >= 0.6 is 0 Å². The third kappa shape index (κ3) is 4.55. The minimum atomic E-state index is -0.728. The molecule has 0 saturated carbocycles. The fraction of sp³-hybridized carbons (Fsp3) is 0.259. The van der Waals surface area contributed by atoms with Gasteiger partial charge in [0.25, 0.3) is 11.7 Å². The number of aliphatic hydroxyl groups is 1. The molecule has 1 aliphatic heterocycles. The SMILES string of the molecule is Cc1cc(/C(O)=C2/C(=O)C(=O)N(Cc3ccco3)C2c2ccccc2)ccc1OCC(C)C.